The Kier molecular flexibility index (Phi) is 24.1. The van der Waals surface area contributed by atoms with Gasteiger partial charge in [-0.2, -0.15) is 0 Å². The van der Waals surface area contributed by atoms with E-state index in [1.165, 1.54) is 0 Å². The molecule has 0 aliphatic heterocycles. The summed E-state index contributed by atoms with van der Waals surface area (Å²) in [7, 11) is 0. The Labute approximate surface area is 94.2 Å². The predicted octanol–water partition coefficient (Wildman–Crippen LogP) is -1.01. The van der Waals surface area contributed by atoms with Gasteiger partial charge in [0.05, 0.1) is 12.7 Å². The minimum absolute atomic E-state index is 0. The number of rotatable bonds is 2. The van der Waals surface area contributed by atoms with Crippen LogP contribution in [0.25, 0.3) is 0 Å². The average molecular weight is 136 g/mol. The Morgan fingerprint density at radius 3 is 1.75 bits per heavy atom. The summed E-state index contributed by atoms with van der Waals surface area (Å²) >= 11 is 0. The molecule has 2 N–H and O–H groups in total. The van der Waals surface area contributed by atoms with Crippen LogP contribution in [0, 0.1) is 0 Å². The van der Waals surface area contributed by atoms with Crippen molar-refractivity contribution >= 4 is 59.1 Å². The first-order valence-corrected chi connectivity index (χ1v) is 2.10. The van der Waals surface area contributed by atoms with Crippen molar-refractivity contribution in [1.82, 2.24) is 0 Å². The predicted molar refractivity (Wildman–Crippen MR) is 34.9 cm³/mol. The molecule has 0 bridgehead atoms. The van der Waals surface area contributed by atoms with E-state index >= 15 is 0 Å². The number of hydrogen-bond acceptors (Lipinski definition) is 2. The second kappa shape index (κ2) is 11.7. The van der Waals surface area contributed by atoms with Crippen molar-refractivity contribution in [1.29, 1.82) is 0 Å². The van der Waals surface area contributed by atoms with Gasteiger partial charge in [-0.25, -0.2) is 0 Å². The number of hydrogen-bond donors (Lipinski definition) is 2. The Hall–Kier alpha value is 1.92. The Morgan fingerprint density at radius 1 is 1.38 bits per heavy atom. The summed E-state index contributed by atoms with van der Waals surface area (Å²) in [6.07, 6.45) is 0.126. The maximum Gasteiger partial charge on any atom is 0.0768 e. The number of aliphatic hydroxyl groups is 2. The third kappa shape index (κ3) is 10.8. The van der Waals surface area contributed by atoms with Crippen LogP contribution in [0.1, 0.15) is 13.3 Å². The van der Waals surface area contributed by atoms with Crippen molar-refractivity contribution in [2.45, 2.75) is 19.4 Å². The summed E-state index contributed by atoms with van der Waals surface area (Å²) < 4.78 is 0. The summed E-state index contributed by atoms with van der Waals surface area (Å²) in [5.41, 5.74) is 0. The smallest absolute Gasteiger partial charge is 0.0768 e. The molecule has 1 unspecified atom stereocenters. The molecule has 0 fully saturated rings. The summed E-state index contributed by atoms with van der Waals surface area (Å²) in [5.74, 6) is 0. The van der Waals surface area contributed by atoms with Crippen LogP contribution in [0.3, 0.4) is 0 Å². The van der Waals surface area contributed by atoms with Crippen LogP contribution in [-0.4, -0.2) is 82.0 Å². The van der Waals surface area contributed by atoms with Crippen LogP contribution in [-0.2, 0) is 0 Å². The van der Waals surface area contributed by atoms with Crippen molar-refractivity contribution in [3.05, 3.63) is 0 Å². The average Bonchev–Trinajstić information content (AvgIpc) is 1.65. The first kappa shape index (κ1) is 16.5. The van der Waals surface area contributed by atoms with E-state index < -0.39 is 6.10 Å². The van der Waals surface area contributed by atoms with Gasteiger partial charge in [0.1, 0.15) is 0 Å². The van der Waals surface area contributed by atoms with Crippen molar-refractivity contribution < 1.29 is 10.2 Å². The monoisotopic (exact) mass is 136 g/mol. The van der Waals surface area contributed by atoms with Crippen LogP contribution in [0.15, 0.2) is 0 Å². The molecule has 0 amide bonds. The SMILES string of the molecule is CCC(O)CO.[Na].[Na]. The summed E-state index contributed by atoms with van der Waals surface area (Å²) in [6.45, 7) is 1.71. The summed E-state index contributed by atoms with van der Waals surface area (Å²) in [5, 5.41) is 16.5. The molecule has 4 heteroatoms. The topological polar surface area (TPSA) is 40.5 Å². The molecule has 1 atom stereocenters. The van der Waals surface area contributed by atoms with Gasteiger partial charge in [0, 0.05) is 59.1 Å². The van der Waals surface area contributed by atoms with Crippen molar-refractivity contribution in [2.24, 2.45) is 0 Å². The van der Waals surface area contributed by atoms with Crippen LogP contribution in [0.5, 0.6) is 0 Å². The molecule has 2 radical (unpaired) electrons. The van der Waals surface area contributed by atoms with E-state index in [0.717, 1.165) is 0 Å². The van der Waals surface area contributed by atoms with Gasteiger partial charge in [-0.3, -0.25) is 0 Å². The molecule has 2 nitrogen and oxygen atoms in total. The quantitative estimate of drug-likeness (QED) is 0.477. The van der Waals surface area contributed by atoms with Gasteiger partial charge in [0.25, 0.3) is 0 Å². The van der Waals surface area contributed by atoms with Crippen molar-refractivity contribution in [3.63, 3.8) is 0 Å². The van der Waals surface area contributed by atoms with Crippen LogP contribution < -0.4 is 0 Å². The zero-order valence-electron chi connectivity index (χ0n) is 5.89. The van der Waals surface area contributed by atoms with Crippen molar-refractivity contribution in [3.8, 4) is 0 Å². The fourth-order valence-electron chi connectivity index (χ4n) is 0.129. The van der Waals surface area contributed by atoms with E-state index in [0.29, 0.717) is 6.42 Å². The first-order chi connectivity index (χ1) is 2.81. The molecule has 0 aliphatic carbocycles. The molecule has 8 heavy (non-hydrogen) atoms. The minimum atomic E-state index is -0.509. The molecule has 0 rings (SSSR count). The fraction of sp³-hybridized carbons (Fsp3) is 1.00. The van der Waals surface area contributed by atoms with Gasteiger partial charge in [0.15, 0.2) is 0 Å². The molecular formula is C4H10Na2O2. The molecule has 0 heterocycles. The fourth-order valence-corrected chi connectivity index (χ4v) is 0.129. The van der Waals surface area contributed by atoms with E-state index in [1.807, 2.05) is 6.92 Å². The summed E-state index contributed by atoms with van der Waals surface area (Å²) in [4.78, 5) is 0. The second-order valence-electron chi connectivity index (χ2n) is 1.24. The van der Waals surface area contributed by atoms with E-state index in [4.69, 9.17) is 10.2 Å². The first-order valence-electron chi connectivity index (χ1n) is 2.10. The van der Waals surface area contributed by atoms with E-state index in [1.54, 1.807) is 0 Å². The van der Waals surface area contributed by atoms with Crippen LogP contribution >= 0.6 is 0 Å². The normalized spacial score (nSPS) is 10.9. The molecule has 40 valence electrons. The summed E-state index contributed by atoms with van der Waals surface area (Å²) in [6, 6.07) is 0. The molecule has 0 saturated carbocycles. The zero-order valence-corrected chi connectivity index (χ0v) is 9.89. The van der Waals surface area contributed by atoms with Gasteiger partial charge < -0.3 is 10.2 Å². The van der Waals surface area contributed by atoms with E-state index in [-0.39, 0.29) is 65.7 Å². The largest absolute Gasteiger partial charge is 0.394 e. The molecule has 0 aromatic heterocycles. The van der Waals surface area contributed by atoms with Gasteiger partial charge in [-0.05, 0) is 6.42 Å². The second-order valence-corrected chi connectivity index (χ2v) is 1.24. The van der Waals surface area contributed by atoms with Gasteiger partial charge in [-0.15, -0.1) is 0 Å². The van der Waals surface area contributed by atoms with Crippen LogP contribution in [0.2, 0.25) is 0 Å². The molecule has 0 spiro atoms. The number of aliphatic hydroxyl groups excluding tert-OH is 2. The Morgan fingerprint density at radius 2 is 1.75 bits per heavy atom. The maximum absolute atomic E-state index is 8.42. The van der Waals surface area contributed by atoms with Gasteiger partial charge in [-0.1, -0.05) is 6.92 Å². The van der Waals surface area contributed by atoms with E-state index in [9.17, 15) is 0 Å². The van der Waals surface area contributed by atoms with E-state index in [2.05, 4.69) is 0 Å². The standard InChI is InChI=1S/C4H10O2.2Na/c1-2-4(6)3-5;;/h4-6H,2-3H2,1H3;;. The van der Waals surface area contributed by atoms with Gasteiger partial charge in [0.2, 0.25) is 0 Å². The maximum atomic E-state index is 8.42. The Bertz CT molecular complexity index is 31.2. The molecule has 0 saturated heterocycles. The Balaban J connectivity index is -0.000000125. The zero-order chi connectivity index (χ0) is 4.99. The minimum Gasteiger partial charge on any atom is -0.394 e. The molecule has 0 aromatic rings. The van der Waals surface area contributed by atoms with Gasteiger partial charge >= 0.3 is 0 Å². The van der Waals surface area contributed by atoms with Crippen molar-refractivity contribution in [2.75, 3.05) is 6.61 Å². The molecule has 0 aliphatic rings. The van der Waals surface area contributed by atoms with Crippen LogP contribution in [0.4, 0.5) is 0 Å². The molecular weight excluding hydrogens is 126 g/mol. The third-order valence-electron chi connectivity index (χ3n) is 0.682. The molecule has 0 aromatic carbocycles. The third-order valence-corrected chi connectivity index (χ3v) is 0.682.